The Morgan fingerprint density at radius 3 is 2.54 bits per heavy atom. The minimum Gasteiger partial charge on any atom is -0.490 e. The van der Waals surface area contributed by atoms with Crippen LogP contribution in [0.3, 0.4) is 0 Å². The number of ether oxygens (including phenoxy) is 2. The van der Waals surface area contributed by atoms with Gasteiger partial charge in [0.15, 0.2) is 11.5 Å². The molecule has 28 heavy (non-hydrogen) atoms. The number of halogens is 1. The third-order valence-electron chi connectivity index (χ3n) is 4.69. The van der Waals surface area contributed by atoms with Gasteiger partial charge in [0, 0.05) is 22.0 Å². The Morgan fingerprint density at radius 1 is 1.07 bits per heavy atom. The van der Waals surface area contributed by atoms with Gasteiger partial charge in [-0.3, -0.25) is 10.2 Å². The van der Waals surface area contributed by atoms with Crippen molar-refractivity contribution in [1.29, 1.82) is 0 Å². The highest BCUT2D eigenvalue weighted by atomic mass is 79.9. The lowest BCUT2D eigenvalue weighted by Gasteiger charge is -2.23. The van der Waals surface area contributed by atoms with Crippen LogP contribution in [0.15, 0.2) is 46.9 Å². The maximum atomic E-state index is 12.7. The molecule has 0 bridgehead atoms. The normalized spacial score (nSPS) is 21.4. The fourth-order valence-corrected chi connectivity index (χ4v) is 3.83. The van der Waals surface area contributed by atoms with Crippen LogP contribution < -0.4 is 25.6 Å². The molecule has 0 saturated carbocycles. The third-order valence-corrected chi connectivity index (χ3v) is 5.18. The minimum atomic E-state index is -0.256. The summed E-state index contributed by atoms with van der Waals surface area (Å²) in [5.74, 6) is 1.36. The Kier molecular flexibility index (Phi) is 6.93. The molecule has 0 spiro atoms. The summed E-state index contributed by atoms with van der Waals surface area (Å²) in [5, 5.41) is 3.09. The zero-order chi connectivity index (χ0) is 20.1. The summed E-state index contributed by atoms with van der Waals surface area (Å²) in [4.78, 5) is 12.7. The Morgan fingerprint density at radius 2 is 1.82 bits per heavy atom. The molecule has 6 nitrogen and oxygen atoms in total. The van der Waals surface area contributed by atoms with E-state index < -0.39 is 0 Å². The summed E-state index contributed by atoms with van der Waals surface area (Å²) >= 11 is 3.41. The van der Waals surface area contributed by atoms with Crippen molar-refractivity contribution in [3.63, 3.8) is 0 Å². The molecule has 1 saturated heterocycles. The number of rotatable bonds is 7. The van der Waals surface area contributed by atoms with E-state index in [0.29, 0.717) is 18.8 Å². The first-order valence-electron chi connectivity index (χ1n) is 9.50. The number of nitrogens with one attached hydrogen (secondary N) is 3. The summed E-state index contributed by atoms with van der Waals surface area (Å²) in [6.07, 6.45) is -0.256. The van der Waals surface area contributed by atoms with E-state index in [1.54, 1.807) is 12.1 Å². The highest BCUT2D eigenvalue weighted by Crippen LogP contribution is 2.34. The summed E-state index contributed by atoms with van der Waals surface area (Å²) in [6.45, 7) is 7.12. The molecule has 1 amide bonds. The fraction of sp³-hybridized carbons (Fsp3) is 0.381. The van der Waals surface area contributed by atoms with Crippen molar-refractivity contribution in [2.24, 2.45) is 0 Å². The van der Waals surface area contributed by atoms with Gasteiger partial charge in [0.05, 0.1) is 13.2 Å². The van der Waals surface area contributed by atoms with Gasteiger partial charge in [-0.05, 0) is 56.7 Å². The van der Waals surface area contributed by atoms with Gasteiger partial charge in [0.25, 0.3) is 5.91 Å². The highest BCUT2D eigenvalue weighted by Gasteiger charge is 2.36. The van der Waals surface area contributed by atoms with Crippen molar-refractivity contribution >= 4 is 21.8 Å². The summed E-state index contributed by atoms with van der Waals surface area (Å²) in [5.41, 5.74) is 8.10. The maximum absolute atomic E-state index is 12.7. The SMILES string of the molecule is CCOc1ccc(C2C(C)NNC2NC(=O)c2cccc(Br)c2)cc1OCC. The average Bonchev–Trinajstić information content (AvgIpc) is 3.03. The molecule has 3 N–H and O–H groups in total. The van der Waals surface area contributed by atoms with E-state index in [-0.39, 0.29) is 24.0 Å². The molecule has 150 valence electrons. The van der Waals surface area contributed by atoms with Gasteiger partial charge in [-0.2, -0.15) is 0 Å². The lowest BCUT2D eigenvalue weighted by molar-refractivity contribution is 0.0928. The van der Waals surface area contributed by atoms with Gasteiger partial charge in [-0.15, -0.1) is 0 Å². The molecule has 1 aliphatic heterocycles. The van der Waals surface area contributed by atoms with Crippen LogP contribution in [0, 0.1) is 0 Å². The first kappa shape index (κ1) is 20.6. The Balaban J connectivity index is 1.83. The molecule has 0 aliphatic carbocycles. The molecule has 2 aromatic carbocycles. The average molecular weight is 448 g/mol. The van der Waals surface area contributed by atoms with Crippen molar-refractivity contribution in [2.45, 2.75) is 38.9 Å². The van der Waals surface area contributed by atoms with Crippen LogP contribution >= 0.6 is 15.9 Å². The van der Waals surface area contributed by atoms with Gasteiger partial charge in [0.1, 0.15) is 6.17 Å². The van der Waals surface area contributed by atoms with Crippen LogP contribution in [-0.2, 0) is 0 Å². The van der Waals surface area contributed by atoms with E-state index >= 15 is 0 Å². The van der Waals surface area contributed by atoms with E-state index in [0.717, 1.165) is 21.5 Å². The predicted octanol–water partition coefficient (Wildman–Crippen LogP) is 3.58. The van der Waals surface area contributed by atoms with E-state index in [1.807, 2.05) is 44.2 Å². The van der Waals surface area contributed by atoms with E-state index in [4.69, 9.17) is 9.47 Å². The van der Waals surface area contributed by atoms with Crippen molar-refractivity contribution in [1.82, 2.24) is 16.2 Å². The topological polar surface area (TPSA) is 71.6 Å². The van der Waals surface area contributed by atoms with Crippen LogP contribution in [0.4, 0.5) is 0 Å². The van der Waals surface area contributed by atoms with Crippen molar-refractivity contribution in [3.05, 3.63) is 58.1 Å². The second-order valence-electron chi connectivity index (χ2n) is 6.64. The number of amides is 1. The Hall–Kier alpha value is -2.09. The standard InChI is InChI=1S/C21H26BrN3O3/c1-4-27-17-10-9-14(12-18(17)28-5-2)19-13(3)24-25-20(19)23-21(26)15-7-6-8-16(22)11-15/h6-13,19-20,24-25H,4-5H2,1-3H3,(H,23,26). The summed E-state index contributed by atoms with van der Waals surface area (Å²) in [6, 6.07) is 13.4. The molecule has 0 aromatic heterocycles. The third kappa shape index (κ3) is 4.66. The van der Waals surface area contributed by atoms with Gasteiger partial charge >= 0.3 is 0 Å². The molecule has 3 unspecified atom stereocenters. The quantitative estimate of drug-likeness (QED) is 0.604. The number of carbonyl (C=O) groups excluding carboxylic acids is 1. The Bertz CT molecular complexity index is 830. The van der Waals surface area contributed by atoms with Crippen LogP contribution in [0.1, 0.15) is 42.6 Å². The first-order valence-corrected chi connectivity index (χ1v) is 10.3. The van der Waals surface area contributed by atoms with Gasteiger partial charge in [-0.1, -0.05) is 28.1 Å². The van der Waals surface area contributed by atoms with Crippen LogP contribution in [0.2, 0.25) is 0 Å². The monoisotopic (exact) mass is 447 g/mol. The second-order valence-corrected chi connectivity index (χ2v) is 7.55. The smallest absolute Gasteiger partial charge is 0.252 e. The van der Waals surface area contributed by atoms with Gasteiger partial charge in [-0.25, -0.2) is 5.43 Å². The fourth-order valence-electron chi connectivity index (χ4n) is 3.43. The lowest BCUT2D eigenvalue weighted by Crippen LogP contribution is -2.46. The van der Waals surface area contributed by atoms with Gasteiger partial charge < -0.3 is 14.8 Å². The largest absolute Gasteiger partial charge is 0.490 e. The van der Waals surface area contributed by atoms with Gasteiger partial charge in [0.2, 0.25) is 0 Å². The summed E-state index contributed by atoms with van der Waals surface area (Å²) in [7, 11) is 0. The summed E-state index contributed by atoms with van der Waals surface area (Å²) < 4.78 is 12.3. The second kappa shape index (κ2) is 9.41. The minimum absolute atomic E-state index is 0.0333. The van der Waals surface area contributed by atoms with Crippen LogP contribution in [-0.4, -0.2) is 31.3 Å². The first-order chi connectivity index (χ1) is 13.5. The van der Waals surface area contributed by atoms with Crippen molar-refractivity contribution < 1.29 is 14.3 Å². The molecule has 0 radical (unpaired) electrons. The highest BCUT2D eigenvalue weighted by molar-refractivity contribution is 9.10. The molecular weight excluding hydrogens is 422 g/mol. The van der Waals surface area contributed by atoms with Crippen molar-refractivity contribution in [2.75, 3.05) is 13.2 Å². The molecule has 2 aromatic rings. The lowest BCUT2D eigenvalue weighted by atomic mass is 9.91. The zero-order valence-corrected chi connectivity index (χ0v) is 17.9. The van der Waals surface area contributed by atoms with Crippen LogP contribution in [0.25, 0.3) is 0 Å². The number of hydrogen-bond donors (Lipinski definition) is 3. The van der Waals surface area contributed by atoms with E-state index in [1.165, 1.54) is 0 Å². The number of benzene rings is 2. The van der Waals surface area contributed by atoms with E-state index in [2.05, 4.69) is 39.0 Å². The molecule has 1 heterocycles. The molecule has 1 aliphatic rings. The van der Waals surface area contributed by atoms with Crippen molar-refractivity contribution in [3.8, 4) is 11.5 Å². The number of hydrogen-bond acceptors (Lipinski definition) is 5. The molecular formula is C21H26BrN3O3. The van der Waals surface area contributed by atoms with E-state index in [9.17, 15) is 4.79 Å². The molecule has 3 atom stereocenters. The van der Waals surface area contributed by atoms with Crippen LogP contribution in [0.5, 0.6) is 11.5 Å². The number of hydrazine groups is 1. The maximum Gasteiger partial charge on any atom is 0.252 e. The number of carbonyl (C=O) groups is 1. The Labute approximate surface area is 174 Å². The molecule has 7 heteroatoms. The zero-order valence-electron chi connectivity index (χ0n) is 16.3. The molecule has 1 fully saturated rings. The predicted molar refractivity (Wildman–Crippen MR) is 113 cm³/mol. The molecule has 3 rings (SSSR count).